The molecule has 4 nitrogen and oxygen atoms in total. The van der Waals surface area contributed by atoms with Crippen LogP contribution in [0.2, 0.25) is 10.0 Å². The Morgan fingerprint density at radius 2 is 1.68 bits per heavy atom. The van der Waals surface area contributed by atoms with E-state index in [0.29, 0.717) is 22.9 Å². The van der Waals surface area contributed by atoms with E-state index in [9.17, 15) is 9.59 Å². The quantitative estimate of drug-likeness (QED) is 0.661. The standard InChI is InChI=1S/C22H26Cl2N2O2/c1-4-21(27)26(14-17-10-11-18(23)19(24)12-17)20(22(28)25-15(2)3)13-16-8-6-5-7-9-16/h5-12,15,20H,4,13-14H2,1-3H3,(H,25,28). The third-order valence-electron chi connectivity index (χ3n) is 4.34. The smallest absolute Gasteiger partial charge is 0.243 e. The summed E-state index contributed by atoms with van der Waals surface area (Å²) in [6.07, 6.45) is 0.744. The fourth-order valence-corrected chi connectivity index (χ4v) is 3.29. The summed E-state index contributed by atoms with van der Waals surface area (Å²) in [6, 6.07) is 14.3. The molecule has 1 unspecified atom stereocenters. The van der Waals surface area contributed by atoms with Gasteiger partial charge >= 0.3 is 0 Å². The molecular weight excluding hydrogens is 395 g/mol. The molecule has 1 N–H and O–H groups in total. The van der Waals surface area contributed by atoms with Crippen LogP contribution in [-0.4, -0.2) is 28.8 Å². The van der Waals surface area contributed by atoms with Gasteiger partial charge in [0.25, 0.3) is 0 Å². The molecular formula is C22H26Cl2N2O2. The third kappa shape index (κ3) is 6.25. The van der Waals surface area contributed by atoms with Gasteiger partial charge < -0.3 is 10.2 Å². The average Bonchev–Trinajstić information content (AvgIpc) is 2.67. The van der Waals surface area contributed by atoms with Gasteiger partial charge in [0, 0.05) is 25.4 Å². The Labute approximate surface area is 176 Å². The number of carbonyl (C=O) groups excluding carboxylic acids is 2. The van der Waals surface area contributed by atoms with Crippen LogP contribution in [0.15, 0.2) is 48.5 Å². The highest BCUT2D eigenvalue weighted by Gasteiger charge is 2.30. The van der Waals surface area contributed by atoms with E-state index in [-0.39, 0.29) is 24.4 Å². The minimum atomic E-state index is -0.619. The van der Waals surface area contributed by atoms with Crippen molar-refractivity contribution in [2.24, 2.45) is 0 Å². The van der Waals surface area contributed by atoms with Gasteiger partial charge in [0.2, 0.25) is 11.8 Å². The van der Waals surface area contributed by atoms with E-state index in [0.717, 1.165) is 11.1 Å². The van der Waals surface area contributed by atoms with E-state index in [1.165, 1.54) is 0 Å². The Morgan fingerprint density at radius 3 is 2.25 bits per heavy atom. The number of nitrogens with one attached hydrogen (secondary N) is 1. The Hall–Kier alpha value is -2.04. The molecule has 0 saturated carbocycles. The second kappa shape index (κ2) is 10.5. The van der Waals surface area contributed by atoms with E-state index in [2.05, 4.69) is 5.32 Å². The second-order valence-corrected chi connectivity index (χ2v) is 7.81. The zero-order valence-electron chi connectivity index (χ0n) is 16.4. The number of nitrogens with zero attached hydrogens (tertiary/aromatic N) is 1. The predicted molar refractivity (Wildman–Crippen MR) is 115 cm³/mol. The van der Waals surface area contributed by atoms with Gasteiger partial charge in [0.05, 0.1) is 10.0 Å². The summed E-state index contributed by atoms with van der Waals surface area (Å²) in [5, 5.41) is 3.83. The first-order chi connectivity index (χ1) is 13.3. The Balaban J connectivity index is 2.37. The number of hydrogen-bond acceptors (Lipinski definition) is 2. The fraction of sp³-hybridized carbons (Fsp3) is 0.364. The van der Waals surface area contributed by atoms with Crippen molar-refractivity contribution < 1.29 is 9.59 Å². The van der Waals surface area contributed by atoms with Crippen molar-refractivity contribution in [3.8, 4) is 0 Å². The first-order valence-electron chi connectivity index (χ1n) is 9.39. The van der Waals surface area contributed by atoms with Crippen molar-refractivity contribution >= 4 is 35.0 Å². The molecule has 150 valence electrons. The Morgan fingerprint density at radius 1 is 1.00 bits per heavy atom. The van der Waals surface area contributed by atoms with Gasteiger partial charge in [-0.05, 0) is 37.1 Å². The van der Waals surface area contributed by atoms with Gasteiger partial charge in [-0.2, -0.15) is 0 Å². The SMILES string of the molecule is CCC(=O)N(Cc1ccc(Cl)c(Cl)c1)C(Cc1ccccc1)C(=O)NC(C)C. The first-order valence-corrected chi connectivity index (χ1v) is 10.1. The van der Waals surface area contributed by atoms with Crippen molar-refractivity contribution in [1.82, 2.24) is 10.2 Å². The third-order valence-corrected chi connectivity index (χ3v) is 5.08. The molecule has 2 amide bonds. The van der Waals surface area contributed by atoms with Gasteiger partial charge in [0.15, 0.2) is 0 Å². The van der Waals surface area contributed by atoms with Crippen molar-refractivity contribution in [3.63, 3.8) is 0 Å². The zero-order valence-corrected chi connectivity index (χ0v) is 17.9. The predicted octanol–water partition coefficient (Wildman–Crippen LogP) is 4.87. The molecule has 0 spiro atoms. The van der Waals surface area contributed by atoms with Gasteiger partial charge in [-0.3, -0.25) is 9.59 Å². The molecule has 0 radical (unpaired) electrons. The van der Waals surface area contributed by atoms with E-state index < -0.39 is 6.04 Å². The summed E-state index contributed by atoms with van der Waals surface area (Å²) in [6.45, 7) is 5.89. The van der Waals surface area contributed by atoms with Crippen LogP contribution in [0.5, 0.6) is 0 Å². The molecule has 2 aromatic rings. The van der Waals surface area contributed by atoms with Gasteiger partial charge in [-0.1, -0.05) is 66.5 Å². The van der Waals surface area contributed by atoms with Crippen LogP contribution in [0.25, 0.3) is 0 Å². The molecule has 6 heteroatoms. The van der Waals surface area contributed by atoms with Crippen molar-refractivity contribution in [2.45, 2.75) is 52.2 Å². The molecule has 0 fully saturated rings. The fourth-order valence-electron chi connectivity index (χ4n) is 2.97. The Kier molecular flexibility index (Phi) is 8.34. The lowest BCUT2D eigenvalue weighted by Crippen LogP contribution is -2.51. The van der Waals surface area contributed by atoms with E-state index >= 15 is 0 Å². The van der Waals surface area contributed by atoms with Crippen LogP contribution in [0.3, 0.4) is 0 Å². The molecule has 0 heterocycles. The molecule has 0 aliphatic heterocycles. The number of rotatable bonds is 8. The summed E-state index contributed by atoms with van der Waals surface area (Å²) < 4.78 is 0. The molecule has 0 saturated heterocycles. The van der Waals surface area contributed by atoms with Gasteiger partial charge in [-0.25, -0.2) is 0 Å². The lowest BCUT2D eigenvalue weighted by molar-refractivity contribution is -0.141. The van der Waals surface area contributed by atoms with Gasteiger partial charge in [0.1, 0.15) is 6.04 Å². The summed E-state index contributed by atoms with van der Waals surface area (Å²) >= 11 is 12.1. The second-order valence-electron chi connectivity index (χ2n) is 6.99. The van der Waals surface area contributed by atoms with Crippen LogP contribution in [0, 0.1) is 0 Å². The van der Waals surface area contributed by atoms with Crippen molar-refractivity contribution in [2.75, 3.05) is 0 Å². The minimum Gasteiger partial charge on any atom is -0.352 e. The molecule has 1 atom stereocenters. The maximum atomic E-state index is 13.0. The monoisotopic (exact) mass is 420 g/mol. The summed E-state index contributed by atoms with van der Waals surface area (Å²) in [5.74, 6) is -0.258. The van der Waals surface area contributed by atoms with Crippen molar-refractivity contribution in [1.29, 1.82) is 0 Å². The van der Waals surface area contributed by atoms with Crippen LogP contribution < -0.4 is 5.32 Å². The maximum Gasteiger partial charge on any atom is 0.243 e. The molecule has 0 aliphatic carbocycles. The van der Waals surface area contributed by atoms with E-state index in [1.54, 1.807) is 24.0 Å². The Bertz CT molecular complexity index is 809. The molecule has 0 aliphatic rings. The summed E-state index contributed by atoms with van der Waals surface area (Å²) in [5.41, 5.74) is 1.82. The molecule has 2 rings (SSSR count). The highest BCUT2D eigenvalue weighted by Crippen LogP contribution is 2.24. The highest BCUT2D eigenvalue weighted by molar-refractivity contribution is 6.42. The number of halogens is 2. The first kappa shape index (κ1) is 22.3. The minimum absolute atomic E-state index is 0.0191. The van der Waals surface area contributed by atoms with Gasteiger partial charge in [-0.15, -0.1) is 0 Å². The van der Waals surface area contributed by atoms with Crippen LogP contribution in [-0.2, 0) is 22.6 Å². The van der Waals surface area contributed by atoms with E-state index in [4.69, 9.17) is 23.2 Å². The van der Waals surface area contributed by atoms with Crippen LogP contribution in [0.4, 0.5) is 0 Å². The molecule has 28 heavy (non-hydrogen) atoms. The summed E-state index contributed by atoms with van der Waals surface area (Å²) in [7, 11) is 0. The lowest BCUT2D eigenvalue weighted by atomic mass is 10.0. The summed E-state index contributed by atoms with van der Waals surface area (Å²) in [4.78, 5) is 27.4. The van der Waals surface area contributed by atoms with Crippen molar-refractivity contribution in [3.05, 3.63) is 69.7 Å². The van der Waals surface area contributed by atoms with Crippen LogP contribution in [0.1, 0.15) is 38.3 Å². The zero-order chi connectivity index (χ0) is 20.7. The maximum absolute atomic E-state index is 13.0. The largest absolute Gasteiger partial charge is 0.352 e. The molecule has 0 bridgehead atoms. The highest BCUT2D eigenvalue weighted by atomic mass is 35.5. The number of amides is 2. The van der Waals surface area contributed by atoms with Crippen LogP contribution >= 0.6 is 23.2 Å². The van der Waals surface area contributed by atoms with E-state index in [1.807, 2.05) is 50.2 Å². The lowest BCUT2D eigenvalue weighted by Gasteiger charge is -2.32. The molecule has 0 aromatic heterocycles. The average molecular weight is 421 g/mol. The normalized spacial score (nSPS) is 11.9. The number of benzene rings is 2. The topological polar surface area (TPSA) is 49.4 Å². The number of hydrogen-bond donors (Lipinski definition) is 1. The number of carbonyl (C=O) groups is 2. The molecule has 2 aromatic carbocycles.